The Morgan fingerprint density at radius 3 is 0.821 bits per heavy atom. The molecule has 78 heavy (non-hydrogen) atoms. The Morgan fingerprint density at radius 1 is 0.308 bits per heavy atom. The van der Waals surface area contributed by atoms with Gasteiger partial charge >= 0.3 is 47.8 Å². The van der Waals surface area contributed by atoms with Gasteiger partial charge in [-0.3, -0.25) is 38.4 Å². The van der Waals surface area contributed by atoms with Crippen molar-refractivity contribution >= 4 is 47.8 Å². The summed E-state index contributed by atoms with van der Waals surface area (Å²) in [7, 11) is 0. The molecule has 448 valence electrons. The molecule has 0 bridgehead atoms. The van der Waals surface area contributed by atoms with E-state index in [1.165, 1.54) is 55.4 Å². The number of ether oxygens (including phenoxy) is 14. The van der Waals surface area contributed by atoms with Crippen LogP contribution in [0.3, 0.4) is 0 Å². The predicted molar refractivity (Wildman–Crippen MR) is 251 cm³/mol. The zero-order chi connectivity index (χ0) is 58.6. The van der Waals surface area contributed by atoms with Gasteiger partial charge in [0.05, 0.1) is 13.2 Å². The Kier molecular flexibility index (Phi) is 28.6. The topological polar surface area (TPSA) is 428 Å². The minimum atomic E-state index is -1.84. The third kappa shape index (κ3) is 18.6. The van der Waals surface area contributed by atoms with E-state index in [0.29, 0.717) is 0 Å². The van der Waals surface area contributed by atoms with Gasteiger partial charge in [0.2, 0.25) is 12.6 Å². The maximum absolute atomic E-state index is 12.9. The fraction of sp³-hybridized carbons (Fsp3) is 0.833. The van der Waals surface area contributed by atoms with Gasteiger partial charge < -0.3 is 107 Å². The summed E-state index contributed by atoms with van der Waals surface area (Å²) in [5.74, 6) is -6.14. The first-order valence-electron chi connectivity index (χ1n) is 25.7. The number of carbonyl (C=O) groups excluding carboxylic acids is 8. The van der Waals surface area contributed by atoms with Crippen molar-refractivity contribution in [2.24, 2.45) is 0 Å². The SMILES string of the molecule is CCC(=O)OCC1O[C@@H](O[C@H]2OC(COC(=O)CC)[C@@H](OC(=O)CC)[C@H](OC(=O)CC)C2OC(=O)CC)C(OC(=O)CC)C(OC(=O)CC)[C@H]1OC(=O)CC.OCC1O[C@@H](O[C@H]2OC(CO)[C@@H](O)[C@H](O)C2O)C(O)C(O)[C@H]1O. The molecule has 30 nitrogen and oxygen atoms in total. The molecule has 30 heteroatoms. The van der Waals surface area contributed by atoms with Crippen molar-refractivity contribution in [3.05, 3.63) is 0 Å². The van der Waals surface area contributed by atoms with Crippen molar-refractivity contribution < 1.29 is 146 Å². The lowest BCUT2D eigenvalue weighted by Crippen LogP contribution is -2.67. The van der Waals surface area contributed by atoms with Gasteiger partial charge in [0, 0.05) is 51.4 Å². The molecule has 0 aromatic rings. The van der Waals surface area contributed by atoms with Crippen LogP contribution in [0.5, 0.6) is 0 Å². The van der Waals surface area contributed by atoms with E-state index < -0.39 is 197 Å². The Balaban J connectivity index is 0.000000574. The number of esters is 8. The Bertz CT molecular complexity index is 1800. The number of rotatable bonds is 24. The molecule has 4 rings (SSSR count). The van der Waals surface area contributed by atoms with Crippen molar-refractivity contribution in [1.82, 2.24) is 0 Å². The van der Waals surface area contributed by atoms with Crippen LogP contribution in [0.2, 0.25) is 0 Å². The minimum absolute atomic E-state index is 0.0386. The molecule has 0 spiro atoms. The van der Waals surface area contributed by atoms with Crippen LogP contribution in [-0.2, 0) is 105 Å². The maximum atomic E-state index is 12.9. The summed E-state index contributed by atoms with van der Waals surface area (Å²) in [4.78, 5) is 101. The van der Waals surface area contributed by atoms with Crippen molar-refractivity contribution in [3.8, 4) is 0 Å². The molecule has 10 unspecified atom stereocenters. The standard InChI is InChI=1S/C36H54O19.C12H22O11/c1-9-21(37)45-17-19-29(49-23(39)11-3)31(51-25(41)13-5)33(53-27(43)15-7)35(47-19)55-36-34(54-28(44)16-8)32(52-26(42)14-6)30(50-24(40)12-4)20(48-36)18-46-22(38)10-2;13-1-3-5(15)7(17)9(19)11(21-3)23-12-10(20)8(18)6(16)4(2-14)22-12/h19-20,29-36H,9-18H2,1-8H3;3-20H,1-2H2/t19?,20?,29-,30+,31+,32?,33?,34?,35-,36+;3?,4?,5-,6+,7+,8?,9?,10?,11-,12+/m11/s1. The average molecular weight is 1130 g/mol. The molecule has 4 fully saturated rings. The van der Waals surface area contributed by atoms with E-state index in [4.69, 9.17) is 76.5 Å². The van der Waals surface area contributed by atoms with Crippen molar-refractivity contribution in [2.75, 3.05) is 26.4 Å². The summed E-state index contributed by atoms with van der Waals surface area (Å²) in [6.07, 6.45) is -32.9. The van der Waals surface area contributed by atoms with E-state index in [0.717, 1.165) is 0 Å². The molecule has 4 heterocycles. The highest BCUT2D eigenvalue weighted by Crippen LogP contribution is 2.36. The van der Waals surface area contributed by atoms with Crippen LogP contribution < -0.4 is 0 Å². The van der Waals surface area contributed by atoms with E-state index in [1.54, 1.807) is 0 Å². The maximum Gasteiger partial charge on any atom is 0.306 e. The highest BCUT2D eigenvalue weighted by atomic mass is 16.8. The van der Waals surface area contributed by atoms with E-state index in [-0.39, 0.29) is 51.4 Å². The van der Waals surface area contributed by atoms with E-state index in [2.05, 4.69) is 0 Å². The molecule has 4 aliphatic rings. The summed E-state index contributed by atoms with van der Waals surface area (Å²) in [5, 5.41) is 76.4. The van der Waals surface area contributed by atoms with Gasteiger partial charge in [-0.05, 0) is 0 Å². The summed E-state index contributed by atoms with van der Waals surface area (Å²) in [6.45, 7) is 9.56. The third-order valence-electron chi connectivity index (χ3n) is 12.1. The van der Waals surface area contributed by atoms with Crippen molar-refractivity contribution in [2.45, 2.75) is 230 Å². The van der Waals surface area contributed by atoms with Gasteiger partial charge in [0.25, 0.3) is 0 Å². The van der Waals surface area contributed by atoms with Gasteiger partial charge in [-0.1, -0.05) is 55.4 Å². The highest BCUT2D eigenvalue weighted by Gasteiger charge is 2.58. The fourth-order valence-corrected chi connectivity index (χ4v) is 7.64. The van der Waals surface area contributed by atoms with Crippen LogP contribution in [0, 0.1) is 0 Å². The van der Waals surface area contributed by atoms with Crippen LogP contribution in [0.4, 0.5) is 0 Å². The molecular formula is C48H76O30. The van der Waals surface area contributed by atoms with Gasteiger partial charge in [-0.25, -0.2) is 0 Å². The van der Waals surface area contributed by atoms with E-state index >= 15 is 0 Å². The summed E-state index contributed by atoms with van der Waals surface area (Å²) in [5.41, 5.74) is 0. The number of aliphatic hydroxyl groups is 8. The van der Waals surface area contributed by atoms with E-state index in [1.807, 2.05) is 0 Å². The Morgan fingerprint density at radius 2 is 0.551 bits per heavy atom. The molecule has 0 saturated carbocycles. The number of carbonyl (C=O) groups is 8. The lowest BCUT2D eigenvalue weighted by molar-refractivity contribution is -0.378. The second-order valence-electron chi connectivity index (χ2n) is 17.7. The number of aliphatic hydroxyl groups excluding tert-OH is 8. The van der Waals surface area contributed by atoms with Crippen LogP contribution in [-0.4, -0.2) is 238 Å². The molecule has 4 aliphatic heterocycles. The van der Waals surface area contributed by atoms with E-state index in [9.17, 15) is 69.0 Å². The summed E-state index contributed by atoms with van der Waals surface area (Å²) in [6, 6.07) is 0. The largest absolute Gasteiger partial charge is 0.463 e. The quantitative estimate of drug-likeness (QED) is 0.0350. The summed E-state index contributed by atoms with van der Waals surface area (Å²) >= 11 is 0. The lowest BCUT2D eigenvalue weighted by Gasteiger charge is -2.48. The molecule has 20 atom stereocenters. The predicted octanol–water partition coefficient (Wildman–Crippen LogP) is -3.11. The average Bonchev–Trinajstić information content (AvgIpc) is 3.47. The number of hydrogen-bond acceptors (Lipinski definition) is 30. The molecule has 0 aliphatic carbocycles. The van der Waals surface area contributed by atoms with Gasteiger partial charge in [-0.2, -0.15) is 0 Å². The molecule has 0 aromatic carbocycles. The van der Waals surface area contributed by atoms with Crippen LogP contribution in [0.15, 0.2) is 0 Å². The Labute approximate surface area is 448 Å². The van der Waals surface area contributed by atoms with Crippen molar-refractivity contribution in [1.29, 1.82) is 0 Å². The molecule has 0 amide bonds. The zero-order valence-electron chi connectivity index (χ0n) is 44.6. The molecule has 0 aromatic heterocycles. The second kappa shape index (κ2) is 33.1. The van der Waals surface area contributed by atoms with Crippen LogP contribution in [0.1, 0.15) is 107 Å². The smallest absolute Gasteiger partial charge is 0.306 e. The third-order valence-corrected chi connectivity index (χ3v) is 12.1. The van der Waals surface area contributed by atoms with Gasteiger partial charge in [0.1, 0.15) is 74.3 Å². The van der Waals surface area contributed by atoms with Crippen molar-refractivity contribution in [3.63, 3.8) is 0 Å². The first kappa shape index (κ1) is 67.5. The monoisotopic (exact) mass is 1130 g/mol. The molecule has 0 radical (unpaired) electrons. The Hall–Kier alpha value is -4.80. The molecule has 4 saturated heterocycles. The molecular weight excluding hydrogens is 1060 g/mol. The van der Waals surface area contributed by atoms with Gasteiger partial charge in [0.15, 0.2) is 49.2 Å². The summed E-state index contributed by atoms with van der Waals surface area (Å²) < 4.78 is 78.7. The normalized spacial score (nSPS) is 34.6. The zero-order valence-corrected chi connectivity index (χ0v) is 44.6. The first-order chi connectivity index (χ1) is 37.0. The molecule has 8 N–H and O–H groups in total. The lowest BCUT2D eigenvalue weighted by atomic mass is 9.96. The van der Waals surface area contributed by atoms with Crippen LogP contribution >= 0.6 is 0 Å². The number of hydrogen-bond donors (Lipinski definition) is 8. The van der Waals surface area contributed by atoms with Gasteiger partial charge in [-0.15, -0.1) is 0 Å². The fourth-order valence-electron chi connectivity index (χ4n) is 7.64. The second-order valence-corrected chi connectivity index (χ2v) is 17.7. The first-order valence-corrected chi connectivity index (χ1v) is 25.7. The highest BCUT2D eigenvalue weighted by molar-refractivity contribution is 5.73. The van der Waals surface area contributed by atoms with Crippen LogP contribution in [0.25, 0.3) is 0 Å². The minimum Gasteiger partial charge on any atom is -0.463 e.